The lowest BCUT2D eigenvalue weighted by Crippen LogP contribution is -2.39. The van der Waals surface area contributed by atoms with Crippen LogP contribution in [0.25, 0.3) is 0 Å². The van der Waals surface area contributed by atoms with Gasteiger partial charge in [-0.3, -0.25) is 4.79 Å². The summed E-state index contributed by atoms with van der Waals surface area (Å²) in [4.78, 5) is 20.0. The van der Waals surface area contributed by atoms with E-state index in [-0.39, 0.29) is 24.1 Å². The van der Waals surface area contributed by atoms with Crippen molar-refractivity contribution in [1.82, 2.24) is 15.3 Å². The third-order valence-corrected chi connectivity index (χ3v) is 4.65. The predicted molar refractivity (Wildman–Crippen MR) is 92.0 cm³/mol. The Morgan fingerprint density at radius 2 is 1.80 bits per heavy atom. The summed E-state index contributed by atoms with van der Waals surface area (Å²) in [5.74, 6) is -0.514. The Balaban J connectivity index is 1.49. The van der Waals surface area contributed by atoms with E-state index >= 15 is 0 Å². The van der Waals surface area contributed by atoms with Gasteiger partial charge in [0.25, 0.3) is 5.91 Å². The highest BCUT2D eigenvalue weighted by Crippen LogP contribution is 2.22. The Labute approximate surface area is 146 Å². The van der Waals surface area contributed by atoms with Gasteiger partial charge in [0.15, 0.2) is 5.82 Å². The molecule has 3 rings (SSSR count). The van der Waals surface area contributed by atoms with E-state index in [9.17, 15) is 9.18 Å². The Bertz CT molecular complexity index is 741. The van der Waals surface area contributed by atoms with Crippen molar-refractivity contribution < 1.29 is 13.9 Å². The fourth-order valence-corrected chi connectivity index (χ4v) is 2.99. The number of hydrogen-bond acceptors (Lipinski definition) is 4. The van der Waals surface area contributed by atoms with Gasteiger partial charge in [-0.05, 0) is 62.8 Å². The van der Waals surface area contributed by atoms with Gasteiger partial charge < -0.3 is 10.1 Å². The van der Waals surface area contributed by atoms with Crippen molar-refractivity contribution in [3.05, 3.63) is 53.1 Å². The maximum absolute atomic E-state index is 12.8. The summed E-state index contributed by atoms with van der Waals surface area (Å²) < 4.78 is 18.5. The zero-order valence-corrected chi connectivity index (χ0v) is 14.5. The second kappa shape index (κ2) is 7.59. The first-order valence-electron chi connectivity index (χ1n) is 8.53. The number of aryl methyl sites for hydroxylation is 2. The monoisotopic (exact) mass is 343 g/mol. The van der Waals surface area contributed by atoms with Crippen LogP contribution < -0.4 is 10.1 Å². The number of rotatable bonds is 4. The van der Waals surface area contributed by atoms with Crippen LogP contribution in [0.5, 0.6) is 6.01 Å². The molecule has 1 aliphatic rings. The minimum atomic E-state index is -0.481. The molecule has 1 fully saturated rings. The Hall–Kier alpha value is -2.50. The molecule has 1 saturated carbocycles. The van der Waals surface area contributed by atoms with Crippen molar-refractivity contribution in [2.45, 2.75) is 51.7 Å². The molecule has 5 nitrogen and oxygen atoms in total. The summed E-state index contributed by atoms with van der Waals surface area (Å²) in [6.45, 7) is 4.04. The molecule has 6 heteroatoms. The molecule has 1 heterocycles. The molecule has 0 spiro atoms. The van der Waals surface area contributed by atoms with Gasteiger partial charge in [-0.15, -0.1) is 0 Å². The van der Waals surface area contributed by atoms with Crippen molar-refractivity contribution in [3.8, 4) is 6.01 Å². The molecule has 1 aromatic heterocycles. The van der Waals surface area contributed by atoms with Crippen molar-refractivity contribution >= 4 is 5.91 Å². The van der Waals surface area contributed by atoms with Crippen molar-refractivity contribution in [2.75, 3.05) is 0 Å². The van der Waals surface area contributed by atoms with Crippen LogP contribution >= 0.6 is 0 Å². The number of nitrogens with zero attached hydrogens (tertiary/aromatic N) is 2. The molecular weight excluding hydrogens is 321 g/mol. The van der Waals surface area contributed by atoms with Gasteiger partial charge in [-0.1, -0.05) is 6.07 Å². The lowest BCUT2D eigenvalue weighted by atomic mass is 9.92. The summed E-state index contributed by atoms with van der Waals surface area (Å²) in [6, 6.07) is 6.09. The second-order valence-electron chi connectivity index (χ2n) is 6.55. The maximum atomic E-state index is 12.8. The molecule has 1 amide bonds. The van der Waals surface area contributed by atoms with Crippen LogP contribution in [0.3, 0.4) is 0 Å². The van der Waals surface area contributed by atoms with E-state index in [1.54, 1.807) is 0 Å². The highest BCUT2D eigenvalue weighted by molar-refractivity contribution is 5.94. The molecule has 1 N–H and O–H groups in total. The first-order chi connectivity index (χ1) is 12.0. The number of hydrogen-bond donors (Lipinski definition) is 1. The number of nitrogens with one attached hydrogen (secondary N) is 1. The lowest BCUT2D eigenvalue weighted by molar-refractivity contribution is 0.0885. The topological polar surface area (TPSA) is 64.1 Å². The molecule has 2 aromatic rings. The molecule has 1 aromatic carbocycles. The molecule has 0 aliphatic heterocycles. The molecule has 0 radical (unpaired) electrons. The molecule has 0 atom stereocenters. The molecule has 0 bridgehead atoms. The molecular formula is C19H22FN3O2. The quantitative estimate of drug-likeness (QED) is 0.925. The van der Waals surface area contributed by atoms with Crippen LogP contribution in [0, 0.1) is 19.7 Å². The third kappa shape index (κ3) is 4.53. The maximum Gasteiger partial charge on any atom is 0.316 e. The Kier molecular flexibility index (Phi) is 5.26. The van der Waals surface area contributed by atoms with Crippen molar-refractivity contribution in [1.29, 1.82) is 0 Å². The zero-order chi connectivity index (χ0) is 17.8. The molecule has 0 unspecified atom stereocenters. The van der Waals surface area contributed by atoms with Gasteiger partial charge in [0.05, 0.1) is 12.4 Å². The van der Waals surface area contributed by atoms with Crippen LogP contribution in [0.1, 0.15) is 47.2 Å². The standard InChI is InChI=1S/C19H22FN3O2/c1-12-3-4-14(9-13(12)2)18(24)23-16-5-7-17(8-6-16)25-19-21-10-15(20)11-22-19/h3-4,9-11,16-17H,5-8H2,1-2H3,(H,23,24). The van der Waals surface area contributed by atoms with E-state index in [1.165, 1.54) is 5.56 Å². The summed E-state index contributed by atoms with van der Waals surface area (Å²) in [5.41, 5.74) is 2.99. The largest absolute Gasteiger partial charge is 0.460 e. The number of carbonyl (C=O) groups excluding carboxylic acids is 1. The van der Waals surface area contributed by atoms with Crippen molar-refractivity contribution in [2.24, 2.45) is 0 Å². The van der Waals surface area contributed by atoms with Gasteiger partial charge >= 0.3 is 6.01 Å². The van der Waals surface area contributed by atoms with Crippen LogP contribution in [0.2, 0.25) is 0 Å². The Morgan fingerprint density at radius 3 is 2.44 bits per heavy atom. The number of halogens is 1. The van der Waals surface area contributed by atoms with E-state index in [1.807, 2.05) is 32.0 Å². The third-order valence-electron chi connectivity index (χ3n) is 4.65. The number of aromatic nitrogens is 2. The van der Waals surface area contributed by atoms with Crippen LogP contribution in [0.4, 0.5) is 4.39 Å². The van der Waals surface area contributed by atoms with Gasteiger partial charge in [-0.2, -0.15) is 0 Å². The fraction of sp³-hybridized carbons (Fsp3) is 0.421. The SMILES string of the molecule is Cc1ccc(C(=O)NC2CCC(Oc3ncc(F)cn3)CC2)cc1C. The van der Waals surface area contributed by atoms with Crippen LogP contribution in [-0.4, -0.2) is 28.0 Å². The minimum Gasteiger partial charge on any atom is -0.460 e. The second-order valence-corrected chi connectivity index (χ2v) is 6.55. The number of carbonyl (C=O) groups is 1. The molecule has 132 valence electrons. The number of amides is 1. The van der Waals surface area contributed by atoms with Crippen molar-refractivity contribution in [3.63, 3.8) is 0 Å². The van der Waals surface area contributed by atoms with Gasteiger partial charge in [0.2, 0.25) is 0 Å². The van der Waals surface area contributed by atoms with E-state index in [2.05, 4.69) is 15.3 Å². The van der Waals surface area contributed by atoms with E-state index in [0.717, 1.165) is 43.6 Å². The van der Waals surface area contributed by atoms with Gasteiger partial charge in [0.1, 0.15) is 6.10 Å². The van der Waals surface area contributed by atoms with E-state index in [0.29, 0.717) is 5.56 Å². The fourth-order valence-electron chi connectivity index (χ4n) is 2.99. The normalized spacial score (nSPS) is 20.1. The predicted octanol–water partition coefficient (Wildman–Crippen LogP) is 3.35. The van der Waals surface area contributed by atoms with Crippen LogP contribution in [-0.2, 0) is 0 Å². The smallest absolute Gasteiger partial charge is 0.316 e. The van der Waals surface area contributed by atoms with E-state index < -0.39 is 5.82 Å². The summed E-state index contributed by atoms with van der Waals surface area (Å²) >= 11 is 0. The van der Waals surface area contributed by atoms with Gasteiger partial charge in [0, 0.05) is 11.6 Å². The summed E-state index contributed by atoms with van der Waals surface area (Å²) in [7, 11) is 0. The average Bonchev–Trinajstić information content (AvgIpc) is 2.61. The highest BCUT2D eigenvalue weighted by Gasteiger charge is 2.24. The van der Waals surface area contributed by atoms with Gasteiger partial charge in [-0.25, -0.2) is 14.4 Å². The summed E-state index contributed by atoms with van der Waals surface area (Å²) in [6.07, 6.45) is 5.47. The number of benzene rings is 1. The van der Waals surface area contributed by atoms with E-state index in [4.69, 9.17) is 4.74 Å². The summed E-state index contributed by atoms with van der Waals surface area (Å²) in [5, 5.41) is 3.10. The highest BCUT2D eigenvalue weighted by atomic mass is 19.1. The lowest BCUT2D eigenvalue weighted by Gasteiger charge is -2.28. The molecule has 1 aliphatic carbocycles. The minimum absolute atomic E-state index is 0.000215. The number of ether oxygens (including phenoxy) is 1. The van der Waals surface area contributed by atoms with Crippen LogP contribution in [0.15, 0.2) is 30.6 Å². The molecule has 0 saturated heterocycles. The first-order valence-corrected chi connectivity index (χ1v) is 8.53. The zero-order valence-electron chi connectivity index (χ0n) is 14.5. The average molecular weight is 343 g/mol. The molecule has 25 heavy (non-hydrogen) atoms. The Morgan fingerprint density at radius 1 is 1.12 bits per heavy atom. The first kappa shape index (κ1) is 17.3.